The maximum absolute atomic E-state index is 11.8. The van der Waals surface area contributed by atoms with Crippen molar-refractivity contribution in [1.29, 1.82) is 0 Å². The van der Waals surface area contributed by atoms with Crippen molar-refractivity contribution >= 4 is 42.7 Å². The molecule has 0 bridgehead atoms. The van der Waals surface area contributed by atoms with E-state index in [0.717, 1.165) is 19.0 Å². The molecule has 0 unspecified atom stereocenters. The van der Waals surface area contributed by atoms with Crippen molar-refractivity contribution in [3.63, 3.8) is 0 Å². The molecule has 0 saturated carbocycles. The number of rotatable bonds is 8. The third-order valence-electron chi connectivity index (χ3n) is 6.30. The Morgan fingerprint density at radius 2 is 1.12 bits per heavy atom. The van der Waals surface area contributed by atoms with Crippen LogP contribution in [0.15, 0.2) is 115 Å². The molecule has 4 heteroatoms. The van der Waals surface area contributed by atoms with Crippen LogP contribution < -0.4 is 15.9 Å². The molecule has 0 heterocycles. The fourth-order valence-electron chi connectivity index (χ4n) is 4.56. The zero-order chi connectivity index (χ0) is 23.2. The number of esters is 1. The van der Waals surface area contributed by atoms with Crippen molar-refractivity contribution in [2.24, 2.45) is 0 Å². The van der Waals surface area contributed by atoms with Gasteiger partial charge in [0.05, 0.1) is 0 Å². The summed E-state index contributed by atoms with van der Waals surface area (Å²) < 4.78 is 4.82. The van der Waals surface area contributed by atoms with Crippen molar-refractivity contribution in [2.45, 2.75) is 12.8 Å². The number of carbonyl (C=O) groups excluding carboxylic acids is 1. The van der Waals surface area contributed by atoms with E-state index in [4.69, 9.17) is 4.74 Å². The van der Waals surface area contributed by atoms with E-state index in [0.29, 0.717) is 5.56 Å². The first-order chi connectivity index (χ1) is 16.1. The molecule has 33 heavy (non-hydrogen) atoms. The number of hydrogen-bond donors (Lipinski definition) is 0. The zero-order valence-corrected chi connectivity index (χ0v) is 21.2. The fraction of sp³-hybridized carbons (Fsp3) is 0.138. The third kappa shape index (κ3) is 4.53. The molecular formula is C29H28BrO2P. The molecule has 0 aromatic heterocycles. The van der Waals surface area contributed by atoms with Crippen LogP contribution in [0.3, 0.4) is 0 Å². The zero-order valence-electron chi connectivity index (χ0n) is 18.7. The Morgan fingerprint density at radius 1 is 0.697 bits per heavy atom. The van der Waals surface area contributed by atoms with Crippen LogP contribution in [-0.4, -0.2) is 19.2 Å². The Bertz CT molecular complexity index is 1090. The number of ether oxygens (including phenoxy) is 1. The molecule has 4 rings (SSSR count). The summed E-state index contributed by atoms with van der Waals surface area (Å²) in [5, 5.41) is 1.12. The van der Waals surface area contributed by atoms with Crippen molar-refractivity contribution in [1.82, 2.24) is 0 Å². The Labute approximate surface area is 204 Å². The molecule has 2 nitrogen and oxygen atoms in total. The van der Waals surface area contributed by atoms with E-state index in [2.05, 4.69) is 106 Å². The molecule has 0 fully saturated rings. The van der Waals surface area contributed by atoms with E-state index in [9.17, 15) is 4.79 Å². The number of halogens is 1. The molecule has 0 aliphatic carbocycles. The van der Waals surface area contributed by atoms with E-state index in [1.54, 1.807) is 0 Å². The standard InChI is InChI=1S/C29H28BrO2P/c1-32-29(31)25-21-19-24(20-22-25)12-11-23-33(30,26-13-5-2-6-14-26,27-15-7-3-8-16-27)28-17-9-4-10-18-28/h2-10,13-22H,11-12,23H2,1H3. The van der Waals surface area contributed by atoms with Gasteiger partial charge in [-0.05, 0) is 0 Å². The van der Waals surface area contributed by atoms with Gasteiger partial charge in [0.15, 0.2) is 0 Å². The Kier molecular flexibility index (Phi) is 7.12. The summed E-state index contributed by atoms with van der Waals surface area (Å²) in [7, 11) is 1.41. The van der Waals surface area contributed by atoms with Gasteiger partial charge in [0, 0.05) is 0 Å². The van der Waals surface area contributed by atoms with Crippen LogP contribution >= 0.6 is 20.8 Å². The van der Waals surface area contributed by atoms with Crippen LogP contribution in [0.2, 0.25) is 0 Å². The maximum atomic E-state index is 11.8. The number of methoxy groups -OCH3 is 1. The monoisotopic (exact) mass is 518 g/mol. The normalized spacial score (nSPS) is 12.5. The predicted molar refractivity (Wildman–Crippen MR) is 145 cm³/mol. The van der Waals surface area contributed by atoms with Crippen LogP contribution in [0.4, 0.5) is 0 Å². The third-order valence-corrected chi connectivity index (χ3v) is 16.3. The van der Waals surface area contributed by atoms with E-state index in [1.165, 1.54) is 28.6 Å². The van der Waals surface area contributed by atoms with Gasteiger partial charge in [-0.1, -0.05) is 0 Å². The van der Waals surface area contributed by atoms with Gasteiger partial charge < -0.3 is 0 Å². The van der Waals surface area contributed by atoms with Crippen molar-refractivity contribution in [3.05, 3.63) is 126 Å². The molecule has 0 aliphatic rings. The Balaban J connectivity index is 1.74. The summed E-state index contributed by atoms with van der Waals surface area (Å²) in [6, 6.07) is 40.4. The summed E-state index contributed by atoms with van der Waals surface area (Å²) >= 11 is 4.50. The molecule has 0 N–H and O–H groups in total. The van der Waals surface area contributed by atoms with E-state index < -0.39 is 5.31 Å². The SMILES string of the molecule is COC(=O)c1ccc(CCCP(Br)(c2ccccc2)(c2ccccc2)c2ccccc2)cc1. The van der Waals surface area contributed by atoms with Crippen molar-refractivity contribution in [3.8, 4) is 0 Å². The first-order valence-corrected chi connectivity index (χ1v) is 15.6. The van der Waals surface area contributed by atoms with Crippen LogP contribution in [0.5, 0.6) is 0 Å². The van der Waals surface area contributed by atoms with E-state index >= 15 is 0 Å². The number of hydrogen-bond acceptors (Lipinski definition) is 2. The molecule has 0 radical (unpaired) electrons. The van der Waals surface area contributed by atoms with E-state index in [-0.39, 0.29) is 5.97 Å². The number of carbonyl (C=O) groups is 1. The van der Waals surface area contributed by atoms with Crippen LogP contribution in [-0.2, 0) is 11.2 Å². The second-order valence-corrected chi connectivity index (χ2v) is 17.3. The molecule has 4 aromatic carbocycles. The summed E-state index contributed by atoms with van der Waals surface area (Å²) in [4.78, 5) is 11.8. The van der Waals surface area contributed by atoms with Gasteiger partial charge in [-0.25, -0.2) is 0 Å². The first kappa shape index (κ1) is 23.4. The summed E-state index contributed by atoms with van der Waals surface area (Å²) in [5.41, 5.74) is 1.80. The molecule has 0 spiro atoms. The predicted octanol–water partition coefficient (Wildman–Crippen LogP) is 6.25. The molecule has 0 amide bonds. The van der Waals surface area contributed by atoms with Crippen LogP contribution in [0.25, 0.3) is 0 Å². The molecule has 0 saturated heterocycles. The van der Waals surface area contributed by atoms with Gasteiger partial charge in [0.1, 0.15) is 0 Å². The quantitative estimate of drug-likeness (QED) is 0.203. The molecule has 168 valence electrons. The average Bonchev–Trinajstić information content (AvgIpc) is 2.90. The molecule has 4 aromatic rings. The van der Waals surface area contributed by atoms with Gasteiger partial charge in [0.25, 0.3) is 0 Å². The minimum absolute atomic E-state index is 0.302. The summed E-state index contributed by atoms with van der Waals surface area (Å²) in [5.74, 6) is -0.302. The van der Waals surface area contributed by atoms with Crippen LogP contribution in [0, 0.1) is 0 Å². The first-order valence-electron chi connectivity index (χ1n) is 11.1. The molecule has 0 aliphatic heterocycles. The topological polar surface area (TPSA) is 26.3 Å². The van der Waals surface area contributed by atoms with Gasteiger partial charge >= 0.3 is 205 Å². The second kappa shape index (κ2) is 10.0. The van der Waals surface area contributed by atoms with Crippen molar-refractivity contribution < 1.29 is 9.53 Å². The van der Waals surface area contributed by atoms with Gasteiger partial charge in [-0.15, -0.1) is 0 Å². The Hall–Kier alpha value is -2.74. The van der Waals surface area contributed by atoms with Gasteiger partial charge in [-0.3, -0.25) is 0 Å². The fourth-order valence-corrected chi connectivity index (χ4v) is 12.2. The Morgan fingerprint density at radius 3 is 1.52 bits per heavy atom. The minimum atomic E-state index is -2.89. The van der Waals surface area contributed by atoms with Gasteiger partial charge in [-0.2, -0.15) is 0 Å². The molecule has 0 atom stereocenters. The number of aryl methyl sites for hydroxylation is 1. The second-order valence-electron chi connectivity index (χ2n) is 8.21. The summed E-state index contributed by atoms with van der Waals surface area (Å²) in [6.07, 6.45) is 2.92. The van der Waals surface area contributed by atoms with Gasteiger partial charge in [0.2, 0.25) is 0 Å². The summed E-state index contributed by atoms with van der Waals surface area (Å²) in [6.45, 7) is 0. The number of benzene rings is 4. The molecular weight excluding hydrogens is 491 g/mol. The van der Waals surface area contributed by atoms with Crippen molar-refractivity contribution in [2.75, 3.05) is 13.3 Å². The average molecular weight is 519 g/mol. The van der Waals surface area contributed by atoms with Crippen LogP contribution in [0.1, 0.15) is 22.3 Å². The van der Waals surface area contributed by atoms with E-state index in [1.807, 2.05) is 24.3 Å².